The highest BCUT2D eigenvalue weighted by Crippen LogP contribution is 2.36. The number of rotatable bonds is 3. The van der Waals surface area contributed by atoms with Crippen LogP contribution in [0.1, 0.15) is 47.0 Å². The fraction of sp³-hybridized carbons (Fsp3) is 0.667. The normalized spacial score (nSPS) is 23.3. The first-order valence-corrected chi connectivity index (χ1v) is 5.15. The Balaban J connectivity index is 2.93. The van der Waals surface area contributed by atoms with Crippen molar-refractivity contribution in [1.29, 1.82) is 0 Å². The molecule has 0 amide bonds. The highest BCUT2D eigenvalue weighted by atomic mass is 14.2. The van der Waals surface area contributed by atoms with Crippen molar-refractivity contribution < 1.29 is 0 Å². The Hall–Kier alpha value is -0.520. The molecule has 12 heavy (non-hydrogen) atoms. The van der Waals surface area contributed by atoms with E-state index in [-0.39, 0.29) is 0 Å². The highest BCUT2D eigenvalue weighted by Gasteiger charge is 2.19. The number of allylic oxidation sites excluding steroid dienone is 4. The summed E-state index contributed by atoms with van der Waals surface area (Å²) in [4.78, 5) is 0. The van der Waals surface area contributed by atoms with Crippen molar-refractivity contribution in [2.45, 2.75) is 47.0 Å². The van der Waals surface area contributed by atoms with Crippen molar-refractivity contribution in [1.82, 2.24) is 0 Å². The van der Waals surface area contributed by atoms with E-state index >= 15 is 0 Å². The highest BCUT2D eigenvalue weighted by molar-refractivity contribution is 5.43. The summed E-state index contributed by atoms with van der Waals surface area (Å²) in [7, 11) is 0. The zero-order valence-electron chi connectivity index (χ0n) is 8.78. The summed E-state index contributed by atoms with van der Waals surface area (Å²) in [5.74, 6) is 0.755. The molecule has 1 unspecified atom stereocenters. The van der Waals surface area contributed by atoms with E-state index in [1.807, 2.05) is 0 Å². The van der Waals surface area contributed by atoms with Crippen LogP contribution < -0.4 is 0 Å². The molecule has 0 bridgehead atoms. The fourth-order valence-corrected chi connectivity index (χ4v) is 2.33. The molecule has 0 saturated heterocycles. The van der Waals surface area contributed by atoms with Gasteiger partial charge in [-0.3, -0.25) is 0 Å². The minimum absolute atomic E-state index is 0.755. The van der Waals surface area contributed by atoms with E-state index in [2.05, 4.69) is 33.8 Å². The Morgan fingerprint density at radius 2 is 1.83 bits per heavy atom. The summed E-state index contributed by atoms with van der Waals surface area (Å²) in [6.07, 6.45) is 6.15. The lowest BCUT2D eigenvalue weighted by molar-refractivity contribution is 0.704. The summed E-state index contributed by atoms with van der Waals surface area (Å²) in [5, 5.41) is 0. The van der Waals surface area contributed by atoms with Gasteiger partial charge >= 0.3 is 0 Å². The van der Waals surface area contributed by atoms with E-state index in [1.54, 1.807) is 11.1 Å². The first kappa shape index (κ1) is 9.57. The third-order valence-corrected chi connectivity index (χ3v) is 2.94. The predicted molar refractivity (Wildman–Crippen MR) is 55.1 cm³/mol. The molecular weight excluding hydrogens is 144 g/mol. The van der Waals surface area contributed by atoms with Gasteiger partial charge in [0.15, 0.2) is 0 Å². The maximum atomic E-state index is 2.44. The van der Waals surface area contributed by atoms with Gasteiger partial charge in [0.2, 0.25) is 0 Å². The predicted octanol–water partition coefficient (Wildman–Crippen LogP) is 4.09. The van der Waals surface area contributed by atoms with Crippen LogP contribution in [0.25, 0.3) is 0 Å². The van der Waals surface area contributed by atoms with Gasteiger partial charge in [0.25, 0.3) is 0 Å². The van der Waals surface area contributed by atoms with Crippen molar-refractivity contribution in [3.05, 3.63) is 22.8 Å². The minimum Gasteiger partial charge on any atom is -0.0741 e. The van der Waals surface area contributed by atoms with Crippen LogP contribution in [0.3, 0.4) is 0 Å². The van der Waals surface area contributed by atoms with Crippen molar-refractivity contribution in [2.24, 2.45) is 5.92 Å². The average Bonchev–Trinajstić information content (AvgIpc) is 2.40. The molecule has 0 heterocycles. The van der Waals surface area contributed by atoms with Crippen molar-refractivity contribution >= 4 is 0 Å². The summed E-state index contributed by atoms with van der Waals surface area (Å²) < 4.78 is 0. The molecule has 0 radical (unpaired) electrons. The summed E-state index contributed by atoms with van der Waals surface area (Å²) in [6.45, 7) is 9.08. The van der Waals surface area contributed by atoms with Gasteiger partial charge in [0.1, 0.15) is 0 Å². The molecule has 1 atom stereocenters. The van der Waals surface area contributed by atoms with E-state index in [9.17, 15) is 0 Å². The summed E-state index contributed by atoms with van der Waals surface area (Å²) >= 11 is 0. The molecular formula is C12H20. The lowest BCUT2D eigenvalue weighted by atomic mass is 9.95. The van der Waals surface area contributed by atoms with Gasteiger partial charge in [-0.15, -0.1) is 0 Å². The summed E-state index contributed by atoms with van der Waals surface area (Å²) in [5.41, 5.74) is 4.85. The second-order valence-electron chi connectivity index (χ2n) is 3.58. The van der Waals surface area contributed by atoms with Gasteiger partial charge in [-0.05, 0) is 37.7 Å². The lowest BCUT2D eigenvalue weighted by Crippen LogP contribution is -1.96. The van der Waals surface area contributed by atoms with Crippen molar-refractivity contribution in [2.75, 3.05) is 0 Å². The van der Waals surface area contributed by atoms with Gasteiger partial charge < -0.3 is 0 Å². The Morgan fingerprint density at radius 1 is 1.17 bits per heavy atom. The molecule has 68 valence electrons. The Labute approximate surface area is 76.4 Å². The largest absolute Gasteiger partial charge is 0.0741 e. The topological polar surface area (TPSA) is 0 Å². The molecule has 0 aromatic heterocycles. The van der Waals surface area contributed by atoms with Gasteiger partial charge in [0.05, 0.1) is 0 Å². The molecule has 0 heteroatoms. The lowest BCUT2D eigenvalue weighted by Gasteiger charge is -2.10. The minimum atomic E-state index is 0.755. The molecule has 1 aliphatic rings. The molecule has 1 aliphatic carbocycles. The van der Waals surface area contributed by atoms with Crippen LogP contribution in [0, 0.1) is 5.92 Å². The van der Waals surface area contributed by atoms with Gasteiger partial charge in [-0.2, -0.15) is 0 Å². The zero-order chi connectivity index (χ0) is 9.14. The third-order valence-electron chi connectivity index (χ3n) is 2.94. The molecule has 0 spiro atoms. The molecule has 0 aromatic carbocycles. The average molecular weight is 164 g/mol. The molecule has 0 N–H and O–H groups in total. The van der Waals surface area contributed by atoms with Crippen LogP contribution in [0.4, 0.5) is 0 Å². The monoisotopic (exact) mass is 164 g/mol. The van der Waals surface area contributed by atoms with E-state index in [1.165, 1.54) is 24.8 Å². The number of hydrogen-bond acceptors (Lipinski definition) is 0. The second-order valence-corrected chi connectivity index (χ2v) is 3.58. The second kappa shape index (κ2) is 3.93. The van der Waals surface area contributed by atoms with E-state index < -0.39 is 0 Å². The third kappa shape index (κ3) is 1.48. The van der Waals surface area contributed by atoms with Gasteiger partial charge in [-0.1, -0.05) is 38.0 Å². The quantitative estimate of drug-likeness (QED) is 0.589. The van der Waals surface area contributed by atoms with E-state index in [4.69, 9.17) is 0 Å². The van der Waals surface area contributed by atoms with Crippen LogP contribution in [-0.4, -0.2) is 0 Å². The molecule has 0 aliphatic heterocycles. The molecule has 0 saturated carbocycles. The number of hydrogen-bond donors (Lipinski definition) is 0. The molecule has 0 aromatic rings. The maximum absolute atomic E-state index is 2.44. The van der Waals surface area contributed by atoms with E-state index in [0.29, 0.717) is 0 Å². The SMILES string of the molecule is CCC1=C(CC)C(CC)C=C1C. The maximum Gasteiger partial charge on any atom is -0.00143 e. The van der Waals surface area contributed by atoms with Gasteiger partial charge in [-0.25, -0.2) is 0 Å². The van der Waals surface area contributed by atoms with Crippen LogP contribution in [0.2, 0.25) is 0 Å². The van der Waals surface area contributed by atoms with Crippen LogP contribution in [0.15, 0.2) is 22.8 Å². The molecule has 0 nitrogen and oxygen atoms in total. The van der Waals surface area contributed by atoms with Gasteiger partial charge in [0, 0.05) is 0 Å². The van der Waals surface area contributed by atoms with Crippen LogP contribution >= 0.6 is 0 Å². The van der Waals surface area contributed by atoms with Crippen molar-refractivity contribution in [3.8, 4) is 0 Å². The first-order chi connectivity index (χ1) is 5.74. The smallest absolute Gasteiger partial charge is 0.00143 e. The van der Waals surface area contributed by atoms with E-state index in [0.717, 1.165) is 5.92 Å². The Morgan fingerprint density at radius 3 is 2.25 bits per heavy atom. The summed E-state index contributed by atoms with van der Waals surface area (Å²) in [6, 6.07) is 0. The van der Waals surface area contributed by atoms with Crippen LogP contribution in [-0.2, 0) is 0 Å². The first-order valence-electron chi connectivity index (χ1n) is 5.15. The molecule has 1 rings (SSSR count). The standard InChI is InChI=1S/C12H20/c1-5-10-8-9(4)11(6-2)12(10)7-3/h8,10H,5-7H2,1-4H3. The Bertz CT molecular complexity index is 218. The zero-order valence-corrected chi connectivity index (χ0v) is 8.78. The fourth-order valence-electron chi connectivity index (χ4n) is 2.33. The molecule has 0 fully saturated rings. The Kier molecular flexibility index (Phi) is 3.13. The van der Waals surface area contributed by atoms with Crippen LogP contribution in [0.5, 0.6) is 0 Å². The van der Waals surface area contributed by atoms with Crippen molar-refractivity contribution in [3.63, 3.8) is 0 Å².